The van der Waals surface area contributed by atoms with Gasteiger partial charge < -0.3 is 14.8 Å². The first-order chi connectivity index (χ1) is 19.0. The number of pyridine rings is 1. The summed E-state index contributed by atoms with van der Waals surface area (Å²) < 4.78 is 53.6. The van der Waals surface area contributed by atoms with Crippen molar-refractivity contribution in [1.82, 2.24) is 24.8 Å². The van der Waals surface area contributed by atoms with Crippen LogP contribution in [0.15, 0.2) is 49.3 Å². The molecular formula is C28H32F3N7OS. The van der Waals surface area contributed by atoms with E-state index in [-0.39, 0.29) is 11.6 Å². The Bertz CT molecular complexity index is 1400. The second-order valence-corrected chi connectivity index (χ2v) is 11.5. The van der Waals surface area contributed by atoms with Crippen LogP contribution in [0.5, 0.6) is 0 Å². The Morgan fingerprint density at radius 1 is 1.18 bits per heavy atom. The summed E-state index contributed by atoms with van der Waals surface area (Å²) in [6, 6.07) is 8.37. The van der Waals surface area contributed by atoms with Crippen molar-refractivity contribution in [3.8, 4) is 0 Å². The van der Waals surface area contributed by atoms with Gasteiger partial charge in [-0.15, -0.1) is 0 Å². The molecule has 0 spiro atoms. The summed E-state index contributed by atoms with van der Waals surface area (Å²) in [4.78, 5) is 18.1. The fraction of sp³-hybridized carbons (Fsp3) is 0.393. The second kappa shape index (κ2) is 11.3. The van der Waals surface area contributed by atoms with E-state index < -0.39 is 23.1 Å². The molecule has 4 heterocycles. The van der Waals surface area contributed by atoms with Crippen LogP contribution in [0.25, 0.3) is 5.70 Å². The summed E-state index contributed by atoms with van der Waals surface area (Å²) in [6.07, 6.45) is 2.61. The van der Waals surface area contributed by atoms with Crippen molar-refractivity contribution in [2.45, 2.75) is 58.0 Å². The number of aromatic nitrogens is 3. The molecule has 0 radical (unpaired) electrons. The number of hydrogen-bond donors (Lipinski definition) is 2. The number of rotatable bonds is 7. The highest BCUT2D eigenvalue weighted by Crippen LogP contribution is 2.35. The molecule has 212 valence electrons. The third-order valence-corrected chi connectivity index (χ3v) is 8.02. The Morgan fingerprint density at radius 3 is 2.67 bits per heavy atom. The lowest BCUT2D eigenvalue weighted by Crippen LogP contribution is -2.46. The number of aryl methyl sites for hydroxylation is 1. The first-order valence-corrected chi connectivity index (χ1v) is 14.6. The lowest BCUT2D eigenvalue weighted by atomic mass is 9.95. The van der Waals surface area contributed by atoms with Crippen LogP contribution >= 0.6 is 0 Å². The van der Waals surface area contributed by atoms with Crippen LogP contribution in [0.2, 0.25) is 0 Å². The van der Waals surface area contributed by atoms with Gasteiger partial charge in [-0.3, -0.25) is 4.90 Å². The molecule has 1 fully saturated rings. The number of nitrogens with zero attached hydrogens (tertiary/aromatic N) is 5. The smallest absolute Gasteiger partial charge is 0.416 e. The third kappa shape index (κ3) is 6.18. The van der Waals surface area contributed by atoms with Gasteiger partial charge in [0.1, 0.15) is 6.26 Å². The highest BCUT2D eigenvalue weighted by Gasteiger charge is 2.34. The quantitative estimate of drug-likeness (QED) is 0.360. The Morgan fingerprint density at radius 2 is 1.98 bits per heavy atom. The zero-order valence-electron chi connectivity index (χ0n) is 22.6. The maximum absolute atomic E-state index is 13.1. The molecule has 0 amide bonds. The molecule has 5 rings (SSSR count). The number of benzene rings is 1. The van der Waals surface area contributed by atoms with Crippen LogP contribution < -0.4 is 10.0 Å². The lowest BCUT2D eigenvalue weighted by Gasteiger charge is -2.43. The molecule has 0 bridgehead atoms. The molecule has 8 nitrogen and oxygen atoms in total. The molecule has 1 saturated heterocycles. The molecule has 12 heteroatoms. The molecule has 1 aromatic carbocycles. The molecule has 2 aliphatic heterocycles. The third-order valence-electron chi connectivity index (χ3n) is 7.52. The van der Waals surface area contributed by atoms with Gasteiger partial charge in [0, 0.05) is 66.6 Å². The highest BCUT2D eigenvalue weighted by atomic mass is 32.2. The lowest BCUT2D eigenvalue weighted by molar-refractivity contribution is -0.138. The van der Waals surface area contributed by atoms with Crippen LogP contribution in [0, 0.1) is 6.92 Å². The largest absolute Gasteiger partial charge is 0.593 e. The van der Waals surface area contributed by atoms with E-state index in [1.165, 1.54) is 19.1 Å². The van der Waals surface area contributed by atoms with Crippen LogP contribution in [-0.4, -0.2) is 54.2 Å². The van der Waals surface area contributed by atoms with Crippen molar-refractivity contribution in [3.05, 3.63) is 77.3 Å². The van der Waals surface area contributed by atoms with E-state index in [1.54, 1.807) is 18.6 Å². The molecule has 3 aromatic rings. The number of halogens is 3. The summed E-state index contributed by atoms with van der Waals surface area (Å²) in [5.41, 5.74) is 3.88. The van der Waals surface area contributed by atoms with Crippen LogP contribution in [0.1, 0.15) is 47.7 Å². The first kappa shape index (κ1) is 28.2. The minimum Gasteiger partial charge on any atom is -0.593 e. The molecule has 3 atom stereocenters. The number of alkyl halides is 3. The summed E-state index contributed by atoms with van der Waals surface area (Å²) in [7, 11) is 0. The number of likely N-dealkylation sites (tertiary alicyclic amines) is 1. The number of nitrogens with one attached hydrogen (secondary N) is 2. The SMILES string of the molecule is C=C(c1ccnc(N[S+](C)[O-])c1)N1CC[C@@H](N2Cc3cnc(Nc4ccc(C(F)(F)F)c(C)c4)nc3C2)C[C@H]1C. The molecular weight excluding hydrogens is 539 g/mol. The van der Waals surface area contributed by atoms with Gasteiger partial charge in [-0.1, -0.05) is 6.58 Å². The predicted molar refractivity (Wildman–Crippen MR) is 151 cm³/mol. The topological polar surface area (TPSA) is 92.3 Å². The monoisotopic (exact) mass is 571 g/mol. The summed E-state index contributed by atoms with van der Waals surface area (Å²) in [6.45, 7) is 10.3. The Balaban J connectivity index is 1.20. The van der Waals surface area contributed by atoms with Gasteiger partial charge in [-0.25, -0.2) is 15.0 Å². The average molecular weight is 572 g/mol. The van der Waals surface area contributed by atoms with Gasteiger partial charge in [0.25, 0.3) is 0 Å². The van der Waals surface area contributed by atoms with Crippen molar-refractivity contribution >= 4 is 34.5 Å². The summed E-state index contributed by atoms with van der Waals surface area (Å²) >= 11 is -1.20. The van der Waals surface area contributed by atoms with Crippen molar-refractivity contribution in [2.24, 2.45) is 0 Å². The molecule has 1 unspecified atom stereocenters. The normalized spacial score (nSPS) is 20.2. The van der Waals surface area contributed by atoms with Gasteiger partial charge in [0.05, 0.1) is 22.6 Å². The van der Waals surface area contributed by atoms with Crippen molar-refractivity contribution in [1.29, 1.82) is 0 Å². The fourth-order valence-corrected chi connectivity index (χ4v) is 5.95. The van der Waals surface area contributed by atoms with Gasteiger partial charge in [-0.05, 0) is 62.6 Å². The van der Waals surface area contributed by atoms with Gasteiger partial charge in [0.2, 0.25) is 5.95 Å². The van der Waals surface area contributed by atoms with Crippen LogP contribution in [0.3, 0.4) is 0 Å². The van der Waals surface area contributed by atoms with Gasteiger partial charge in [0.15, 0.2) is 5.82 Å². The molecule has 2 aliphatic rings. The van der Waals surface area contributed by atoms with E-state index in [4.69, 9.17) is 0 Å². The molecule has 0 saturated carbocycles. The van der Waals surface area contributed by atoms with Gasteiger partial charge >= 0.3 is 6.18 Å². The zero-order chi connectivity index (χ0) is 28.6. The van der Waals surface area contributed by atoms with Crippen LogP contribution in [-0.2, 0) is 30.6 Å². The zero-order valence-corrected chi connectivity index (χ0v) is 23.4. The number of fused-ring (bicyclic) bond motifs is 1. The fourth-order valence-electron chi connectivity index (χ4n) is 5.54. The minimum absolute atomic E-state index is 0.145. The molecule has 0 aliphatic carbocycles. The maximum atomic E-state index is 13.1. The van der Waals surface area contributed by atoms with E-state index in [0.29, 0.717) is 30.0 Å². The van der Waals surface area contributed by atoms with Crippen LogP contribution in [0.4, 0.5) is 30.6 Å². The number of piperidine rings is 1. The van der Waals surface area contributed by atoms with Crippen molar-refractivity contribution in [2.75, 3.05) is 22.8 Å². The van der Waals surface area contributed by atoms with E-state index in [0.717, 1.165) is 54.5 Å². The molecule has 2 N–H and O–H groups in total. The predicted octanol–water partition coefficient (Wildman–Crippen LogP) is 5.49. The highest BCUT2D eigenvalue weighted by molar-refractivity contribution is 7.92. The minimum atomic E-state index is -4.38. The average Bonchev–Trinajstić information content (AvgIpc) is 3.31. The first-order valence-electron chi connectivity index (χ1n) is 13.0. The Kier molecular flexibility index (Phi) is 7.94. The number of anilines is 3. The van der Waals surface area contributed by atoms with E-state index in [1.807, 2.05) is 12.1 Å². The standard InChI is InChI=1S/C28H32F3N7OS/c1-17-11-22(5-6-24(17)28(29,30)31)34-27-33-14-21-15-37(16-25(21)35-27)23-8-10-38(18(2)12-23)19(3)20-7-9-32-26(13-20)36-40(4)39/h5-7,9,11,13-14,18,23H,3,8,10,12,15-16H2,1-2,4H3,(H,32,36)(H,33,34,35)/t18-,23-,40?/m1/s1. The summed E-state index contributed by atoms with van der Waals surface area (Å²) in [5.74, 6) is 0.928. The van der Waals surface area contributed by atoms with E-state index in [2.05, 4.69) is 48.3 Å². The molecule has 40 heavy (non-hydrogen) atoms. The second-order valence-electron chi connectivity index (χ2n) is 10.4. The number of hydrogen-bond acceptors (Lipinski definition) is 8. The van der Waals surface area contributed by atoms with E-state index in [9.17, 15) is 17.7 Å². The molecule has 2 aromatic heterocycles. The van der Waals surface area contributed by atoms with Crippen molar-refractivity contribution in [3.63, 3.8) is 0 Å². The Labute approximate surface area is 235 Å². The maximum Gasteiger partial charge on any atom is 0.416 e. The summed E-state index contributed by atoms with van der Waals surface area (Å²) in [5, 5.41) is 3.05. The van der Waals surface area contributed by atoms with Crippen molar-refractivity contribution < 1.29 is 17.7 Å². The Hall–Kier alpha value is -3.35. The van der Waals surface area contributed by atoms with E-state index >= 15 is 0 Å². The van der Waals surface area contributed by atoms with Gasteiger partial charge in [-0.2, -0.15) is 17.9 Å².